The molecule has 2 aromatic carbocycles. The van der Waals surface area contributed by atoms with E-state index in [1.807, 2.05) is 0 Å². The quantitative estimate of drug-likeness (QED) is 0.846. The zero-order valence-corrected chi connectivity index (χ0v) is 13.1. The maximum Gasteiger partial charge on any atom is 0.173 e. The van der Waals surface area contributed by atoms with Crippen molar-refractivity contribution in [3.8, 4) is 11.5 Å². The van der Waals surface area contributed by atoms with Gasteiger partial charge in [-0.1, -0.05) is 6.07 Å². The first-order valence-corrected chi connectivity index (χ1v) is 6.89. The van der Waals surface area contributed by atoms with E-state index >= 15 is 0 Å². The molecule has 2 aromatic rings. The van der Waals surface area contributed by atoms with Gasteiger partial charge in [-0.15, -0.1) is 0 Å². The van der Waals surface area contributed by atoms with Gasteiger partial charge in [0.1, 0.15) is 11.5 Å². The van der Waals surface area contributed by atoms with E-state index in [0.29, 0.717) is 22.6 Å². The SMILES string of the molecule is COc1cc(OC)cc(C(N)c2ccc(F)c(F)c2Br)c1. The van der Waals surface area contributed by atoms with Crippen LogP contribution >= 0.6 is 15.9 Å². The van der Waals surface area contributed by atoms with Gasteiger partial charge in [-0.05, 0) is 45.3 Å². The number of rotatable bonds is 4. The number of benzene rings is 2. The molecule has 0 aromatic heterocycles. The summed E-state index contributed by atoms with van der Waals surface area (Å²) < 4.78 is 37.2. The van der Waals surface area contributed by atoms with E-state index in [9.17, 15) is 8.78 Å². The molecule has 2 rings (SSSR count). The van der Waals surface area contributed by atoms with Gasteiger partial charge in [0.15, 0.2) is 11.6 Å². The number of hydrogen-bond donors (Lipinski definition) is 1. The third-order valence-electron chi connectivity index (χ3n) is 3.13. The maximum absolute atomic E-state index is 13.6. The lowest BCUT2D eigenvalue weighted by atomic mass is 9.99. The van der Waals surface area contributed by atoms with Gasteiger partial charge in [0.05, 0.1) is 24.7 Å². The second-order valence-electron chi connectivity index (χ2n) is 4.39. The summed E-state index contributed by atoms with van der Waals surface area (Å²) in [5.74, 6) is -0.754. The maximum atomic E-state index is 13.6. The zero-order chi connectivity index (χ0) is 15.6. The van der Waals surface area contributed by atoms with Crippen molar-refractivity contribution in [2.24, 2.45) is 5.73 Å². The highest BCUT2D eigenvalue weighted by Crippen LogP contribution is 2.33. The van der Waals surface area contributed by atoms with Crippen LogP contribution in [0.25, 0.3) is 0 Å². The van der Waals surface area contributed by atoms with Crippen LogP contribution in [0.2, 0.25) is 0 Å². The van der Waals surface area contributed by atoms with Crippen molar-refractivity contribution in [3.05, 3.63) is 57.6 Å². The van der Waals surface area contributed by atoms with Gasteiger partial charge in [-0.25, -0.2) is 8.78 Å². The molecule has 112 valence electrons. The number of halogens is 3. The van der Waals surface area contributed by atoms with Crippen LogP contribution in [0.15, 0.2) is 34.8 Å². The Hall–Kier alpha value is -1.66. The average Bonchev–Trinajstić information content (AvgIpc) is 2.51. The summed E-state index contributed by atoms with van der Waals surface area (Å²) in [5.41, 5.74) is 7.25. The Kier molecular flexibility index (Phi) is 4.80. The van der Waals surface area contributed by atoms with Crippen LogP contribution in [0.5, 0.6) is 11.5 Å². The zero-order valence-electron chi connectivity index (χ0n) is 11.5. The molecule has 0 aliphatic heterocycles. The second-order valence-corrected chi connectivity index (χ2v) is 5.18. The van der Waals surface area contributed by atoms with Gasteiger partial charge < -0.3 is 15.2 Å². The third kappa shape index (κ3) is 3.16. The molecule has 0 spiro atoms. The van der Waals surface area contributed by atoms with Crippen molar-refractivity contribution in [3.63, 3.8) is 0 Å². The molecular formula is C15H14BrF2NO2. The number of methoxy groups -OCH3 is 2. The molecule has 0 heterocycles. The average molecular weight is 358 g/mol. The highest BCUT2D eigenvalue weighted by molar-refractivity contribution is 9.10. The second kappa shape index (κ2) is 6.41. The fourth-order valence-electron chi connectivity index (χ4n) is 1.97. The van der Waals surface area contributed by atoms with Crippen molar-refractivity contribution in [1.29, 1.82) is 0 Å². The smallest absolute Gasteiger partial charge is 0.173 e. The minimum absolute atomic E-state index is 0.0109. The van der Waals surface area contributed by atoms with Crippen LogP contribution in [0.4, 0.5) is 8.78 Å². The summed E-state index contributed by atoms with van der Waals surface area (Å²) in [7, 11) is 3.05. The summed E-state index contributed by atoms with van der Waals surface area (Å²) in [5, 5.41) is 0. The van der Waals surface area contributed by atoms with Crippen LogP contribution in [-0.2, 0) is 0 Å². The fourth-order valence-corrected chi connectivity index (χ4v) is 2.54. The lowest BCUT2D eigenvalue weighted by molar-refractivity contribution is 0.393. The Balaban J connectivity index is 2.49. The molecule has 0 aliphatic carbocycles. The molecule has 21 heavy (non-hydrogen) atoms. The number of ether oxygens (including phenoxy) is 2. The van der Waals surface area contributed by atoms with Gasteiger partial charge in [0.25, 0.3) is 0 Å². The molecule has 6 heteroatoms. The molecule has 0 radical (unpaired) electrons. The van der Waals surface area contributed by atoms with E-state index in [1.165, 1.54) is 20.3 Å². The highest BCUT2D eigenvalue weighted by Gasteiger charge is 2.19. The summed E-state index contributed by atoms with van der Waals surface area (Å²) in [6, 6.07) is 6.99. The Labute approximate surface area is 129 Å². The Morgan fingerprint density at radius 1 is 1.05 bits per heavy atom. The first kappa shape index (κ1) is 15.7. The van der Waals surface area contributed by atoms with Crippen LogP contribution in [0.1, 0.15) is 17.2 Å². The first-order chi connectivity index (χ1) is 9.97. The van der Waals surface area contributed by atoms with E-state index < -0.39 is 17.7 Å². The van der Waals surface area contributed by atoms with Crippen LogP contribution < -0.4 is 15.2 Å². The molecule has 1 atom stereocenters. The molecule has 1 unspecified atom stereocenters. The van der Waals surface area contributed by atoms with E-state index in [0.717, 1.165) is 6.07 Å². The Bertz CT molecular complexity index is 642. The lowest BCUT2D eigenvalue weighted by Gasteiger charge is -2.17. The summed E-state index contributed by atoms with van der Waals surface area (Å²) in [6.07, 6.45) is 0. The lowest BCUT2D eigenvalue weighted by Crippen LogP contribution is -2.14. The van der Waals surface area contributed by atoms with E-state index in [4.69, 9.17) is 15.2 Å². The van der Waals surface area contributed by atoms with Gasteiger partial charge in [-0.3, -0.25) is 0 Å². The van der Waals surface area contributed by atoms with E-state index in [1.54, 1.807) is 18.2 Å². The molecule has 0 saturated heterocycles. The Morgan fingerprint density at radius 2 is 1.62 bits per heavy atom. The van der Waals surface area contributed by atoms with Crippen molar-refractivity contribution in [2.45, 2.75) is 6.04 Å². The highest BCUT2D eigenvalue weighted by atomic mass is 79.9. The standard InChI is InChI=1S/C15H14BrF2NO2/c1-20-9-5-8(6-10(7-9)21-2)15(19)11-3-4-12(17)14(18)13(11)16/h3-7,15H,19H2,1-2H3. The molecule has 2 N–H and O–H groups in total. The summed E-state index contributed by atoms with van der Waals surface area (Å²) in [6.45, 7) is 0. The van der Waals surface area contributed by atoms with Crippen molar-refractivity contribution >= 4 is 15.9 Å². The predicted molar refractivity (Wildman–Crippen MR) is 79.6 cm³/mol. The topological polar surface area (TPSA) is 44.5 Å². The van der Waals surface area contributed by atoms with Crippen molar-refractivity contribution in [1.82, 2.24) is 0 Å². The normalized spacial score (nSPS) is 12.1. The fraction of sp³-hybridized carbons (Fsp3) is 0.200. The molecule has 0 saturated carbocycles. The Morgan fingerprint density at radius 3 is 2.14 bits per heavy atom. The minimum Gasteiger partial charge on any atom is -0.497 e. The molecule has 0 aliphatic rings. The van der Waals surface area contributed by atoms with Crippen LogP contribution in [0.3, 0.4) is 0 Å². The molecule has 0 fully saturated rings. The predicted octanol–water partition coefficient (Wildman–Crippen LogP) is 3.79. The van der Waals surface area contributed by atoms with Gasteiger partial charge in [0, 0.05) is 6.07 Å². The largest absolute Gasteiger partial charge is 0.497 e. The molecule has 0 amide bonds. The molecule has 0 bridgehead atoms. The summed E-state index contributed by atoms with van der Waals surface area (Å²) in [4.78, 5) is 0. The third-order valence-corrected chi connectivity index (χ3v) is 3.94. The first-order valence-electron chi connectivity index (χ1n) is 6.10. The van der Waals surface area contributed by atoms with Gasteiger partial charge >= 0.3 is 0 Å². The summed E-state index contributed by atoms with van der Waals surface area (Å²) >= 11 is 3.04. The van der Waals surface area contributed by atoms with Gasteiger partial charge in [0.2, 0.25) is 0 Å². The number of hydrogen-bond acceptors (Lipinski definition) is 3. The van der Waals surface area contributed by atoms with Gasteiger partial charge in [-0.2, -0.15) is 0 Å². The molecule has 3 nitrogen and oxygen atoms in total. The van der Waals surface area contributed by atoms with Crippen molar-refractivity contribution < 1.29 is 18.3 Å². The van der Waals surface area contributed by atoms with E-state index in [-0.39, 0.29) is 4.47 Å². The van der Waals surface area contributed by atoms with Crippen molar-refractivity contribution in [2.75, 3.05) is 14.2 Å². The van der Waals surface area contributed by atoms with Crippen LogP contribution in [-0.4, -0.2) is 14.2 Å². The monoisotopic (exact) mass is 357 g/mol. The minimum atomic E-state index is -0.960. The van der Waals surface area contributed by atoms with E-state index in [2.05, 4.69) is 15.9 Å². The number of nitrogens with two attached hydrogens (primary N) is 1. The molecular weight excluding hydrogens is 344 g/mol. The van der Waals surface area contributed by atoms with Crippen LogP contribution in [0, 0.1) is 11.6 Å².